The van der Waals surface area contributed by atoms with Crippen LogP contribution in [-0.4, -0.2) is 27.7 Å². The van der Waals surface area contributed by atoms with Crippen LogP contribution in [-0.2, 0) is 0 Å². The Morgan fingerprint density at radius 2 is 2.05 bits per heavy atom. The molecule has 2 rings (SSSR count). The van der Waals surface area contributed by atoms with Gasteiger partial charge in [-0.05, 0) is 59.5 Å². The zero-order chi connectivity index (χ0) is 16.1. The SMILES string of the molecule is CCC(CO)Nc1nc(Nc2ccc(C)c(C)c2)ncc1Br. The Balaban J connectivity index is 2.19. The Bertz CT molecular complexity index is 644. The Morgan fingerprint density at radius 1 is 1.27 bits per heavy atom. The molecule has 0 saturated carbocycles. The van der Waals surface area contributed by atoms with E-state index in [1.807, 2.05) is 13.0 Å². The van der Waals surface area contributed by atoms with Crippen molar-refractivity contribution in [1.29, 1.82) is 0 Å². The summed E-state index contributed by atoms with van der Waals surface area (Å²) in [5, 5.41) is 15.7. The van der Waals surface area contributed by atoms with Crippen LogP contribution in [0.5, 0.6) is 0 Å². The molecule has 22 heavy (non-hydrogen) atoms. The molecule has 5 nitrogen and oxygen atoms in total. The molecule has 1 atom stereocenters. The fourth-order valence-electron chi connectivity index (χ4n) is 1.95. The van der Waals surface area contributed by atoms with Gasteiger partial charge in [-0.3, -0.25) is 0 Å². The molecule has 0 fully saturated rings. The van der Waals surface area contributed by atoms with E-state index >= 15 is 0 Å². The normalized spacial score (nSPS) is 12.0. The van der Waals surface area contributed by atoms with Gasteiger partial charge in [0.05, 0.1) is 17.1 Å². The van der Waals surface area contributed by atoms with Gasteiger partial charge in [-0.2, -0.15) is 4.98 Å². The van der Waals surface area contributed by atoms with Crippen molar-refractivity contribution in [2.45, 2.75) is 33.2 Å². The lowest BCUT2D eigenvalue weighted by Crippen LogP contribution is -2.23. The van der Waals surface area contributed by atoms with E-state index in [-0.39, 0.29) is 12.6 Å². The molecule has 1 heterocycles. The molecule has 0 amide bonds. The number of hydrogen-bond acceptors (Lipinski definition) is 5. The van der Waals surface area contributed by atoms with E-state index in [1.165, 1.54) is 11.1 Å². The lowest BCUT2D eigenvalue weighted by Gasteiger charge is -2.16. The molecule has 1 unspecified atom stereocenters. The van der Waals surface area contributed by atoms with Crippen molar-refractivity contribution < 1.29 is 5.11 Å². The number of aliphatic hydroxyl groups is 1. The van der Waals surface area contributed by atoms with Gasteiger partial charge in [0.25, 0.3) is 0 Å². The average Bonchev–Trinajstić information content (AvgIpc) is 2.51. The molecular formula is C16H21BrN4O. The Morgan fingerprint density at radius 3 is 2.68 bits per heavy atom. The molecule has 118 valence electrons. The maximum Gasteiger partial charge on any atom is 0.229 e. The number of anilines is 3. The monoisotopic (exact) mass is 364 g/mol. The second-order valence-corrected chi connectivity index (χ2v) is 6.10. The van der Waals surface area contributed by atoms with E-state index in [0.29, 0.717) is 11.8 Å². The summed E-state index contributed by atoms with van der Waals surface area (Å²) in [6.45, 7) is 6.23. The quantitative estimate of drug-likeness (QED) is 0.727. The Labute approximate surface area is 139 Å². The van der Waals surface area contributed by atoms with Crippen LogP contribution in [0.4, 0.5) is 17.5 Å². The molecule has 2 aromatic rings. The largest absolute Gasteiger partial charge is 0.394 e. The molecule has 0 spiro atoms. The molecule has 6 heteroatoms. The van der Waals surface area contributed by atoms with Crippen LogP contribution >= 0.6 is 15.9 Å². The molecule has 1 aromatic heterocycles. The van der Waals surface area contributed by atoms with Gasteiger partial charge >= 0.3 is 0 Å². The second-order valence-electron chi connectivity index (χ2n) is 5.25. The van der Waals surface area contributed by atoms with Gasteiger partial charge in [0.2, 0.25) is 5.95 Å². The third-order valence-corrected chi connectivity index (χ3v) is 4.14. The van der Waals surface area contributed by atoms with Gasteiger partial charge in [-0.25, -0.2) is 4.98 Å². The number of benzene rings is 1. The van der Waals surface area contributed by atoms with Gasteiger partial charge in [0.15, 0.2) is 0 Å². The first-order valence-corrected chi connectivity index (χ1v) is 8.07. The van der Waals surface area contributed by atoms with E-state index in [1.54, 1.807) is 6.20 Å². The summed E-state index contributed by atoms with van der Waals surface area (Å²) in [7, 11) is 0. The topological polar surface area (TPSA) is 70.1 Å². The molecule has 1 aromatic carbocycles. The van der Waals surface area contributed by atoms with Crippen LogP contribution in [0, 0.1) is 13.8 Å². The predicted octanol–water partition coefficient (Wildman–Crippen LogP) is 3.78. The number of nitrogens with zero attached hydrogens (tertiary/aromatic N) is 2. The van der Waals surface area contributed by atoms with Gasteiger partial charge in [-0.15, -0.1) is 0 Å². The molecule has 0 radical (unpaired) electrons. The summed E-state index contributed by atoms with van der Waals surface area (Å²) in [5.41, 5.74) is 3.41. The number of hydrogen-bond donors (Lipinski definition) is 3. The van der Waals surface area contributed by atoms with Crippen molar-refractivity contribution >= 4 is 33.4 Å². The maximum absolute atomic E-state index is 9.30. The van der Waals surface area contributed by atoms with Crippen LogP contribution in [0.2, 0.25) is 0 Å². The van der Waals surface area contributed by atoms with Gasteiger partial charge in [-0.1, -0.05) is 13.0 Å². The molecule has 0 bridgehead atoms. The highest BCUT2D eigenvalue weighted by Gasteiger charge is 2.10. The van der Waals surface area contributed by atoms with E-state index in [0.717, 1.165) is 16.6 Å². The third kappa shape index (κ3) is 4.18. The Hall–Kier alpha value is -1.66. The van der Waals surface area contributed by atoms with Crippen LogP contribution in [0.25, 0.3) is 0 Å². The first-order chi connectivity index (χ1) is 10.5. The molecular weight excluding hydrogens is 344 g/mol. The van der Waals surface area contributed by atoms with Crippen LogP contribution in [0.1, 0.15) is 24.5 Å². The van der Waals surface area contributed by atoms with Crippen molar-refractivity contribution in [3.63, 3.8) is 0 Å². The minimum Gasteiger partial charge on any atom is -0.394 e. The number of aryl methyl sites for hydroxylation is 2. The lowest BCUT2D eigenvalue weighted by molar-refractivity contribution is 0.271. The fourth-order valence-corrected chi connectivity index (χ4v) is 2.25. The molecule has 0 aliphatic heterocycles. The first-order valence-electron chi connectivity index (χ1n) is 7.27. The summed E-state index contributed by atoms with van der Waals surface area (Å²) in [4.78, 5) is 8.74. The maximum atomic E-state index is 9.30. The van der Waals surface area contributed by atoms with Crippen LogP contribution < -0.4 is 10.6 Å². The lowest BCUT2D eigenvalue weighted by atomic mass is 10.1. The summed E-state index contributed by atoms with van der Waals surface area (Å²) in [6, 6.07) is 6.11. The molecule has 3 N–H and O–H groups in total. The highest BCUT2D eigenvalue weighted by Crippen LogP contribution is 2.23. The van der Waals surface area contributed by atoms with E-state index in [2.05, 4.69) is 62.5 Å². The Kier molecular flexibility index (Phi) is 5.74. The number of rotatable bonds is 6. The van der Waals surface area contributed by atoms with E-state index < -0.39 is 0 Å². The molecule has 0 aliphatic rings. The predicted molar refractivity (Wildman–Crippen MR) is 93.7 cm³/mol. The minimum absolute atomic E-state index is 0.0272. The third-order valence-electron chi connectivity index (χ3n) is 3.56. The van der Waals surface area contributed by atoms with E-state index in [9.17, 15) is 5.11 Å². The number of aliphatic hydroxyl groups excluding tert-OH is 1. The van der Waals surface area contributed by atoms with Crippen molar-refractivity contribution in [1.82, 2.24) is 9.97 Å². The van der Waals surface area contributed by atoms with Gasteiger partial charge < -0.3 is 15.7 Å². The standard InChI is InChI=1S/C16H21BrN4O/c1-4-12(9-22)19-15-14(17)8-18-16(21-15)20-13-6-5-10(2)11(3)7-13/h5-8,12,22H,4,9H2,1-3H3,(H2,18,19,20,21). The van der Waals surface area contributed by atoms with Crippen molar-refractivity contribution in [2.75, 3.05) is 17.2 Å². The highest BCUT2D eigenvalue weighted by atomic mass is 79.9. The number of aromatic nitrogens is 2. The van der Waals surface area contributed by atoms with Gasteiger partial charge in [0.1, 0.15) is 5.82 Å². The number of nitrogens with one attached hydrogen (secondary N) is 2. The zero-order valence-corrected chi connectivity index (χ0v) is 14.6. The summed E-state index contributed by atoms with van der Waals surface area (Å²) >= 11 is 3.43. The highest BCUT2D eigenvalue weighted by molar-refractivity contribution is 9.10. The molecule has 0 aliphatic carbocycles. The molecule has 0 saturated heterocycles. The fraction of sp³-hybridized carbons (Fsp3) is 0.375. The summed E-state index contributed by atoms with van der Waals surface area (Å²) in [5.74, 6) is 1.18. The van der Waals surface area contributed by atoms with Crippen molar-refractivity contribution in [2.24, 2.45) is 0 Å². The number of halogens is 1. The van der Waals surface area contributed by atoms with Gasteiger partial charge in [0, 0.05) is 11.9 Å². The van der Waals surface area contributed by atoms with Crippen LogP contribution in [0.3, 0.4) is 0 Å². The minimum atomic E-state index is -0.0272. The van der Waals surface area contributed by atoms with Crippen molar-refractivity contribution in [3.05, 3.63) is 40.0 Å². The smallest absolute Gasteiger partial charge is 0.229 e. The average molecular weight is 365 g/mol. The van der Waals surface area contributed by atoms with Crippen LogP contribution in [0.15, 0.2) is 28.9 Å². The first kappa shape index (κ1) is 16.7. The summed E-state index contributed by atoms with van der Waals surface area (Å²) < 4.78 is 0.769. The van der Waals surface area contributed by atoms with E-state index in [4.69, 9.17) is 0 Å². The second kappa shape index (κ2) is 7.56. The van der Waals surface area contributed by atoms with Crippen molar-refractivity contribution in [3.8, 4) is 0 Å². The zero-order valence-electron chi connectivity index (χ0n) is 13.0. The summed E-state index contributed by atoms with van der Waals surface area (Å²) in [6.07, 6.45) is 2.51.